The van der Waals surface area contributed by atoms with Crippen molar-refractivity contribution in [2.24, 2.45) is 0 Å². The van der Waals surface area contributed by atoms with E-state index in [1.807, 2.05) is 6.26 Å². The maximum atomic E-state index is 5.78. The van der Waals surface area contributed by atoms with Crippen LogP contribution < -0.4 is 5.73 Å². The smallest absolute Gasteiger partial charge is 0.143 e. The molecule has 2 N–H and O–H groups in total. The summed E-state index contributed by atoms with van der Waals surface area (Å²) < 4.78 is 0. The minimum atomic E-state index is 0.320. The monoisotopic (exact) mass is 208 g/mol. The molecule has 0 fully saturated rings. The summed E-state index contributed by atoms with van der Waals surface area (Å²) in [7, 11) is 0. The predicted octanol–water partition coefficient (Wildman–Crippen LogP) is 2.69. The van der Waals surface area contributed by atoms with Crippen LogP contribution in [0.3, 0.4) is 0 Å². The molecular weight excluding hydrogens is 203 g/mol. The molecule has 0 unspecified atom stereocenters. The molecule has 0 saturated heterocycles. The zero-order valence-corrected chi connectivity index (χ0v) is 8.09. The molecule has 5 heteroatoms. The van der Waals surface area contributed by atoms with Gasteiger partial charge in [-0.1, -0.05) is 23.2 Å². The van der Waals surface area contributed by atoms with Crippen molar-refractivity contribution in [3.8, 4) is 0 Å². The molecule has 2 nitrogen and oxygen atoms in total. The first kappa shape index (κ1) is 8.97. The number of rotatable bonds is 1. The second-order valence-corrected chi connectivity index (χ2v) is 3.46. The highest BCUT2D eigenvalue weighted by molar-refractivity contribution is 7.98. The van der Waals surface area contributed by atoms with Gasteiger partial charge in [0.15, 0.2) is 0 Å². The molecule has 0 aliphatic rings. The van der Waals surface area contributed by atoms with Gasteiger partial charge in [0.2, 0.25) is 0 Å². The number of thioether (sulfide) groups is 1. The number of pyridine rings is 1. The van der Waals surface area contributed by atoms with E-state index in [2.05, 4.69) is 4.98 Å². The molecule has 0 aromatic carbocycles. The number of nitrogen functional groups attached to an aromatic ring is 1. The van der Waals surface area contributed by atoms with E-state index in [-0.39, 0.29) is 0 Å². The highest BCUT2D eigenvalue weighted by Crippen LogP contribution is 2.28. The van der Waals surface area contributed by atoms with E-state index in [9.17, 15) is 0 Å². The van der Waals surface area contributed by atoms with Gasteiger partial charge in [-0.2, -0.15) is 0 Å². The number of hydrogen-bond donors (Lipinski definition) is 1. The Hall–Kier alpha value is -0.120. The van der Waals surface area contributed by atoms with Gasteiger partial charge >= 0.3 is 0 Å². The molecule has 11 heavy (non-hydrogen) atoms. The van der Waals surface area contributed by atoms with Gasteiger partial charge in [-0.15, -0.1) is 11.8 Å². The summed E-state index contributed by atoms with van der Waals surface area (Å²) >= 11 is 12.9. The van der Waals surface area contributed by atoms with Crippen LogP contribution in [-0.2, 0) is 0 Å². The fraction of sp³-hybridized carbons (Fsp3) is 0.167. The summed E-state index contributed by atoms with van der Waals surface area (Å²) in [6, 6.07) is 1.59. The molecule has 1 aromatic rings. The van der Waals surface area contributed by atoms with Crippen LogP contribution in [0, 0.1) is 0 Å². The molecule has 1 aromatic heterocycles. The lowest BCUT2D eigenvalue weighted by Gasteiger charge is -2.01. The molecule has 60 valence electrons. The van der Waals surface area contributed by atoms with Gasteiger partial charge in [-0.3, -0.25) is 0 Å². The first-order valence-electron chi connectivity index (χ1n) is 2.80. The van der Waals surface area contributed by atoms with E-state index >= 15 is 0 Å². The summed E-state index contributed by atoms with van der Waals surface area (Å²) in [5, 5.41) is 1.64. The molecule has 0 aliphatic carbocycles. The summed E-state index contributed by atoms with van der Waals surface area (Å²) in [6.07, 6.45) is 1.88. The van der Waals surface area contributed by atoms with Gasteiger partial charge < -0.3 is 5.73 Å². The molecule has 1 rings (SSSR count). The lowest BCUT2D eigenvalue weighted by Crippen LogP contribution is -1.92. The molecular formula is C6H6Cl2N2S. The number of nitrogens with zero attached hydrogens (tertiary/aromatic N) is 1. The van der Waals surface area contributed by atoms with Crippen molar-refractivity contribution in [3.05, 3.63) is 16.1 Å². The zero-order valence-electron chi connectivity index (χ0n) is 5.77. The topological polar surface area (TPSA) is 38.9 Å². The third-order valence-electron chi connectivity index (χ3n) is 1.12. The normalized spacial score (nSPS) is 10.1. The SMILES string of the molecule is CSc1nc(N)c(Cl)cc1Cl. The van der Waals surface area contributed by atoms with Crippen molar-refractivity contribution in [1.82, 2.24) is 4.98 Å². The minimum absolute atomic E-state index is 0.320. The van der Waals surface area contributed by atoms with E-state index < -0.39 is 0 Å². The maximum absolute atomic E-state index is 5.78. The zero-order chi connectivity index (χ0) is 8.43. The number of anilines is 1. The van der Waals surface area contributed by atoms with Crippen molar-refractivity contribution in [2.45, 2.75) is 5.03 Å². The Balaban J connectivity index is 3.21. The van der Waals surface area contributed by atoms with Crippen molar-refractivity contribution in [2.75, 3.05) is 12.0 Å². The van der Waals surface area contributed by atoms with Gasteiger partial charge in [0, 0.05) is 0 Å². The average molecular weight is 209 g/mol. The van der Waals surface area contributed by atoms with Crippen LogP contribution in [0.4, 0.5) is 5.82 Å². The van der Waals surface area contributed by atoms with E-state index in [4.69, 9.17) is 28.9 Å². The quantitative estimate of drug-likeness (QED) is 0.722. The molecule has 0 spiro atoms. The van der Waals surface area contributed by atoms with E-state index in [0.717, 1.165) is 0 Å². The largest absolute Gasteiger partial charge is 0.382 e. The molecule has 0 saturated carbocycles. The molecule has 0 aliphatic heterocycles. The number of aromatic nitrogens is 1. The minimum Gasteiger partial charge on any atom is -0.382 e. The van der Waals surface area contributed by atoms with Crippen LogP contribution in [-0.4, -0.2) is 11.2 Å². The second kappa shape index (κ2) is 3.52. The van der Waals surface area contributed by atoms with Gasteiger partial charge in [-0.25, -0.2) is 4.98 Å². The van der Waals surface area contributed by atoms with E-state index in [1.54, 1.807) is 6.07 Å². The Bertz CT molecular complexity index is 278. The second-order valence-electron chi connectivity index (χ2n) is 1.85. The highest BCUT2D eigenvalue weighted by atomic mass is 35.5. The molecule has 0 bridgehead atoms. The molecule has 0 amide bonds. The lowest BCUT2D eigenvalue weighted by molar-refractivity contribution is 1.15. The Morgan fingerprint density at radius 2 is 2.09 bits per heavy atom. The standard InChI is InChI=1S/C6H6Cl2N2S/c1-11-6-4(8)2-3(7)5(9)10-6/h2H,1H3,(H2,9,10). The Labute approximate surface area is 79.1 Å². The third-order valence-corrected chi connectivity index (χ3v) is 2.52. The first-order chi connectivity index (χ1) is 5.15. The van der Waals surface area contributed by atoms with Crippen LogP contribution in [0.2, 0.25) is 10.0 Å². The Morgan fingerprint density at radius 3 is 2.64 bits per heavy atom. The van der Waals surface area contributed by atoms with Crippen LogP contribution in [0.1, 0.15) is 0 Å². The van der Waals surface area contributed by atoms with Crippen LogP contribution in [0.25, 0.3) is 0 Å². The summed E-state index contributed by atoms with van der Waals surface area (Å²) in [5.74, 6) is 0.320. The molecule has 0 atom stereocenters. The predicted molar refractivity (Wildman–Crippen MR) is 50.5 cm³/mol. The van der Waals surface area contributed by atoms with Crippen molar-refractivity contribution in [1.29, 1.82) is 0 Å². The Morgan fingerprint density at radius 1 is 1.45 bits per heavy atom. The highest BCUT2D eigenvalue weighted by Gasteiger charge is 2.04. The molecule has 0 radical (unpaired) electrons. The van der Waals surface area contributed by atoms with E-state index in [1.165, 1.54) is 11.8 Å². The number of hydrogen-bond acceptors (Lipinski definition) is 3. The third kappa shape index (κ3) is 1.92. The van der Waals surface area contributed by atoms with Crippen molar-refractivity contribution < 1.29 is 0 Å². The van der Waals surface area contributed by atoms with Crippen molar-refractivity contribution >= 4 is 40.8 Å². The fourth-order valence-corrected chi connectivity index (χ4v) is 1.64. The van der Waals surface area contributed by atoms with Crippen LogP contribution >= 0.6 is 35.0 Å². The Kier molecular flexibility index (Phi) is 2.87. The van der Waals surface area contributed by atoms with Gasteiger partial charge in [0.25, 0.3) is 0 Å². The van der Waals surface area contributed by atoms with Gasteiger partial charge in [-0.05, 0) is 12.3 Å². The summed E-state index contributed by atoms with van der Waals surface area (Å²) in [6.45, 7) is 0. The maximum Gasteiger partial charge on any atom is 0.143 e. The summed E-state index contributed by atoms with van der Waals surface area (Å²) in [5.41, 5.74) is 5.45. The lowest BCUT2D eigenvalue weighted by atomic mass is 10.5. The van der Waals surface area contributed by atoms with Gasteiger partial charge in [0.1, 0.15) is 10.8 Å². The van der Waals surface area contributed by atoms with Crippen LogP contribution in [0.15, 0.2) is 11.1 Å². The van der Waals surface area contributed by atoms with Crippen LogP contribution in [0.5, 0.6) is 0 Å². The fourth-order valence-electron chi connectivity index (χ4n) is 0.606. The first-order valence-corrected chi connectivity index (χ1v) is 4.78. The van der Waals surface area contributed by atoms with Gasteiger partial charge in [0.05, 0.1) is 10.0 Å². The molecule has 1 heterocycles. The van der Waals surface area contributed by atoms with E-state index in [0.29, 0.717) is 20.9 Å². The number of halogens is 2. The summed E-state index contributed by atoms with van der Waals surface area (Å²) in [4.78, 5) is 3.97. The number of nitrogens with two attached hydrogens (primary N) is 1. The average Bonchev–Trinajstić information content (AvgIpc) is 1.97. The van der Waals surface area contributed by atoms with Crippen molar-refractivity contribution in [3.63, 3.8) is 0 Å².